The summed E-state index contributed by atoms with van der Waals surface area (Å²) < 4.78 is 38.2. The van der Waals surface area contributed by atoms with Crippen LogP contribution in [0.15, 0.2) is 30.3 Å². The molecular weight excluding hydrogens is 301 g/mol. The largest absolute Gasteiger partial charge is 0.418 e. The number of alkyl halides is 3. The van der Waals surface area contributed by atoms with Crippen molar-refractivity contribution in [2.24, 2.45) is 0 Å². The van der Waals surface area contributed by atoms with E-state index in [1.807, 2.05) is 19.1 Å². The number of nitrogens with two attached hydrogens (primary N) is 1. The van der Waals surface area contributed by atoms with Gasteiger partial charge in [0.25, 0.3) is 5.91 Å². The van der Waals surface area contributed by atoms with Crippen LogP contribution in [-0.4, -0.2) is 5.91 Å². The SMILES string of the molecule is Cc1ccc(CNC(=O)c2ccc(N)c(C(F)(F)F)c2)s1. The van der Waals surface area contributed by atoms with Crippen LogP contribution in [0.25, 0.3) is 0 Å². The third-order valence-corrected chi connectivity index (χ3v) is 3.84. The van der Waals surface area contributed by atoms with Gasteiger partial charge < -0.3 is 11.1 Å². The molecule has 0 radical (unpaired) electrons. The Kier molecular flexibility index (Phi) is 4.22. The molecule has 1 aromatic carbocycles. The lowest BCUT2D eigenvalue weighted by Crippen LogP contribution is -2.23. The Bertz CT molecular complexity index is 664. The average molecular weight is 314 g/mol. The highest BCUT2D eigenvalue weighted by Gasteiger charge is 2.33. The van der Waals surface area contributed by atoms with Crippen LogP contribution in [0.1, 0.15) is 25.7 Å². The lowest BCUT2D eigenvalue weighted by Gasteiger charge is -2.11. The third-order valence-electron chi connectivity index (χ3n) is 2.84. The molecular formula is C14H13F3N2OS. The normalized spacial score (nSPS) is 11.4. The van der Waals surface area contributed by atoms with Gasteiger partial charge in [0, 0.05) is 21.0 Å². The molecule has 112 valence electrons. The van der Waals surface area contributed by atoms with Crippen molar-refractivity contribution in [1.29, 1.82) is 0 Å². The van der Waals surface area contributed by atoms with E-state index < -0.39 is 23.3 Å². The number of nitrogens with one attached hydrogen (secondary N) is 1. The summed E-state index contributed by atoms with van der Waals surface area (Å²) >= 11 is 1.52. The molecule has 0 spiro atoms. The molecule has 21 heavy (non-hydrogen) atoms. The van der Waals surface area contributed by atoms with Gasteiger partial charge in [-0.2, -0.15) is 13.2 Å². The van der Waals surface area contributed by atoms with Gasteiger partial charge in [0.1, 0.15) is 0 Å². The Hall–Kier alpha value is -2.02. The molecule has 0 aliphatic carbocycles. The van der Waals surface area contributed by atoms with Gasteiger partial charge in [0.2, 0.25) is 0 Å². The maximum Gasteiger partial charge on any atom is 0.418 e. The van der Waals surface area contributed by atoms with Crippen LogP contribution in [0.2, 0.25) is 0 Å². The number of anilines is 1. The minimum atomic E-state index is -4.58. The minimum absolute atomic E-state index is 0.0650. The number of hydrogen-bond acceptors (Lipinski definition) is 3. The summed E-state index contributed by atoms with van der Waals surface area (Å²) in [7, 11) is 0. The number of carbonyl (C=O) groups is 1. The van der Waals surface area contributed by atoms with Crippen LogP contribution in [0, 0.1) is 6.92 Å². The highest BCUT2D eigenvalue weighted by molar-refractivity contribution is 7.11. The predicted octanol–water partition coefficient (Wildman–Crippen LogP) is 3.59. The van der Waals surface area contributed by atoms with Gasteiger partial charge in [-0.05, 0) is 37.3 Å². The van der Waals surface area contributed by atoms with E-state index in [2.05, 4.69) is 5.32 Å². The van der Waals surface area contributed by atoms with E-state index in [0.717, 1.165) is 21.9 Å². The van der Waals surface area contributed by atoms with E-state index >= 15 is 0 Å². The Labute approximate surface area is 123 Å². The van der Waals surface area contributed by atoms with E-state index in [4.69, 9.17) is 5.73 Å². The van der Waals surface area contributed by atoms with E-state index in [1.54, 1.807) is 0 Å². The minimum Gasteiger partial charge on any atom is -0.398 e. The molecule has 0 unspecified atom stereocenters. The third kappa shape index (κ3) is 3.75. The van der Waals surface area contributed by atoms with Crippen LogP contribution in [0.3, 0.4) is 0 Å². The molecule has 0 fully saturated rings. The molecule has 0 aliphatic rings. The number of carbonyl (C=O) groups excluding carboxylic acids is 1. The van der Waals surface area contributed by atoms with Gasteiger partial charge >= 0.3 is 6.18 Å². The van der Waals surface area contributed by atoms with E-state index in [9.17, 15) is 18.0 Å². The van der Waals surface area contributed by atoms with Crippen molar-refractivity contribution >= 4 is 22.9 Å². The van der Waals surface area contributed by atoms with E-state index in [1.165, 1.54) is 17.4 Å². The van der Waals surface area contributed by atoms with Crippen molar-refractivity contribution in [3.05, 3.63) is 51.2 Å². The monoisotopic (exact) mass is 314 g/mol. The number of aryl methyl sites for hydroxylation is 1. The van der Waals surface area contributed by atoms with Crippen molar-refractivity contribution in [3.63, 3.8) is 0 Å². The van der Waals surface area contributed by atoms with Crippen molar-refractivity contribution in [3.8, 4) is 0 Å². The Morgan fingerprint density at radius 1 is 1.29 bits per heavy atom. The number of rotatable bonds is 3. The maximum atomic E-state index is 12.7. The highest BCUT2D eigenvalue weighted by Crippen LogP contribution is 2.34. The van der Waals surface area contributed by atoms with Crippen LogP contribution in [0.4, 0.5) is 18.9 Å². The summed E-state index contributed by atoms with van der Waals surface area (Å²) in [6.45, 7) is 2.22. The van der Waals surface area contributed by atoms with Gasteiger partial charge in [-0.3, -0.25) is 4.79 Å². The summed E-state index contributed by atoms with van der Waals surface area (Å²) in [6.07, 6.45) is -4.58. The molecule has 0 bridgehead atoms. The van der Waals surface area contributed by atoms with Crippen molar-refractivity contribution in [1.82, 2.24) is 5.32 Å². The zero-order valence-corrected chi connectivity index (χ0v) is 11.9. The number of nitrogen functional groups attached to an aromatic ring is 1. The molecule has 7 heteroatoms. The fourth-order valence-electron chi connectivity index (χ4n) is 1.79. The Balaban J connectivity index is 2.12. The topological polar surface area (TPSA) is 55.1 Å². The first-order chi connectivity index (χ1) is 9.77. The second-order valence-corrected chi connectivity index (χ2v) is 5.87. The summed E-state index contributed by atoms with van der Waals surface area (Å²) in [5.41, 5.74) is 3.83. The number of halogens is 3. The van der Waals surface area contributed by atoms with Gasteiger partial charge in [-0.1, -0.05) is 0 Å². The number of benzene rings is 1. The number of hydrogen-bond donors (Lipinski definition) is 2. The molecule has 1 amide bonds. The van der Waals surface area contributed by atoms with Crippen LogP contribution >= 0.6 is 11.3 Å². The number of thiophene rings is 1. The van der Waals surface area contributed by atoms with Gasteiger partial charge in [-0.25, -0.2) is 0 Å². The van der Waals surface area contributed by atoms with Crippen molar-refractivity contribution in [2.75, 3.05) is 5.73 Å². The first-order valence-electron chi connectivity index (χ1n) is 6.07. The lowest BCUT2D eigenvalue weighted by molar-refractivity contribution is -0.136. The summed E-state index contributed by atoms with van der Waals surface area (Å²) in [5.74, 6) is -0.563. The van der Waals surface area contributed by atoms with Crippen molar-refractivity contribution in [2.45, 2.75) is 19.6 Å². The summed E-state index contributed by atoms with van der Waals surface area (Å²) in [6, 6.07) is 6.92. The molecule has 0 aliphatic heterocycles. The maximum absolute atomic E-state index is 12.7. The summed E-state index contributed by atoms with van der Waals surface area (Å²) in [4.78, 5) is 13.9. The van der Waals surface area contributed by atoms with Crippen LogP contribution < -0.4 is 11.1 Å². The molecule has 2 aromatic rings. The molecule has 3 nitrogen and oxygen atoms in total. The zero-order chi connectivity index (χ0) is 15.6. The Morgan fingerprint density at radius 2 is 2.00 bits per heavy atom. The van der Waals surface area contributed by atoms with Gasteiger partial charge in [0.05, 0.1) is 12.1 Å². The zero-order valence-electron chi connectivity index (χ0n) is 11.1. The second kappa shape index (κ2) is 5.77. The molecule has 2 rings (SSSR count). The molecule has 3 N–H and O–H groups in total. The fraction of sp³-hybridized carbons (Fsp3) is 0.214. The molecule has 1 aromatic heterocycles. The predicted molar refractivity (Wildman–Crippen MR) is 76.1 cm³/mol. The van der Waals surface area contributed by atoms with E-state index in [0.29, 0.717) is 0 Å². The molecule has 0 atom stereocenters. The Morgan fingerprint density at radius 3 is 2.57 bits per heavy atom. The fourth-order valence-corrected chi connectivity index (χ4v) is 2.62. The number of amides is 1. The average Bonchev–Trinajstić information content (AvgIpc) is 2.81. The first-order valence-corrected chi connectivity index (χ1v) is 6.89. The first kappa shape index (κ1) is 15.4. The molecule has 1 heterocycles. The summed E-state index contributed by atoms with van der Waals surface area (Å²) in [5, 5.41) is 2.59. The van der Waals surface area contributed by atoms with Crippen LogP contribution in [0.5, 0.6) is 0 Å². The smallest absolute Gasteiger partial charge is 0.398 e. The van der Waals surface area contributed by atoms with E-state index in [-0.39, 0.29) is 12.1 Å². The van der Waals surface area contributed by atoms with Gasteiger partial charge in [0.15, 0.2) is 0 Å². The standard InChI is InChI=1S/C14H13F3N2OS/c1-8-2-4-10(21-8)7-19-13(20)9-3-5-12(18)11(6-9)14(15,16)17/h2-6H,7,18H2,1H3,(H,19,20). The van der Waals surface area contributed by atoms with Gasteiger partial charge in [-0.15, -0.1) is 11.3 Å². The quantitative estimate of drug-likeness (QED) is 0.851. The van der Waals surface area contributed by atoms with Crippen molar-refractivity contribution < 1.29 is 18.0 Å². The molecule has 0 saturated heterocycles. The lowest BCUT2D eigenvalue weighted by atomic mass is 10.1. The molecule has 0 saturated carbocycles. The highest BCUT2D eigenvalue weighted by atomic mass is 32.1. The van der Waals surface area contributed by atoms with Crippen LogP contribution in [-0.2, 0) is 12.7 Å². The second-order valence-electron chi connectivity index (χ2n) is 4.49.